The van der Waals surface area contributed by atoms with Crippen molar-refractivity contribution in [2.45, 2.75) is 19.8 Å². The number of hydrogen-bond acceptors (Lipinski definition) is 5. The number of amides is 1. The standard InChI is InChI=1S/C17H15N3O3/c1-11-19-13-5-2-6-14(17(13)23-11)20-16(22)8-7-15(21)12-4-3-9-18-10-12/h2-6,9-10H,7-8H2,1H3,(H,20,22). The van der Waals surface area contributed by atoms with Crippen molar-refractivity contribution in [3.8, 4) is 0 Å². The molecule has 0 saturated carbocycles. The Morgan fingerprint density at radius 2 is 2.04 bits per heavy atom. The van der Waals surface area contributed by atoms with E-state index in [4.69, 9.17) is 4.42 Å². The zero-order valence-electron chi connectivity index (χ0n) is 12.6. The molecule has 0 aliphatic carbocycles. The molecule has 0 fully saturated rings. The maximum Gasteiger partial charge on any atom is 0.224 e. The van der Waals surface area contributed by atoms with Crippen LogP contribution in [0.1, 0.15) is 29.1 Å². The van der Waals surface area contributed by atoms with Crippen LogP contribution < -0.4 is 5.32 Å². The summed E-state index contributed by atoms with van der Waals surface area (Å²) in [7, 11) is 0. The summed E-state index contributed by atoms with van der Waals surface area (Å²) < 4.78 is 5.49. The van der Waals surface area contributed by atoms with Crippen LogP contribution in [0.25, 0.3) is 11.1 Å². The molecule has 0 unspecified atom stereocenters. The second kappa shape index (κ2) is 6.39. The number of benzene rings is 1. The van der Waals surface area contributed by atoms with Crippen LogP contribution in [0.2, 0.25) is 0 Å². The molecule has 1 aromatic carbocycles. The van der Waals surface area contributed by atoms with Crippen molar-refractivity contribution >= 4 is 28.5 Å². The fourth-order valence-corrected chi connectivity index (χ4v) is 2.27. The van der Waals surface area contributed by atoms with Gasteiger partial charge in [-0.15, -0.1) is 0 Å². The predicted molar refractivity (Wildman–Crippen MR) is 85.2 cm³/mol. The minimum atomic E-state index is -0.246. The van der Waals surface area contributed by atoms with Crippen molar-refractivity contribution in [2.75, 3.05) is 5.32 Å². The average Bonchev–Trinajstić information content (AvgIpc) is 2.95. The lowest BCUT2D eigenvalue weighted by atomic mass is 10.1. The molecule has 2 heterocycles. The number of ketones is 1. The number of carbonyl (C=O) groups is 2. The number of nitrogens with one attached hydrogen (secondary N) is 1. The highest BCUT2D eigenvalue weighted by Crippen LogP contribution is 2.24. The van der Waals surface area contributed by atoms with Gasteiger partial charge in [0.2, 0.25) is 5.91 Å². The Bertz CT molecular complexity index is 856. The van der Waals surface area contributed by atoms with E-state index in [1.165, 1.54) is 6.20 Å². The lowest BCUT2D eigenvalue weighted by Gasteiger charge is -2.05. The predicted octanol–water partition coefficient (Wildman–Crippen LogP) is 3.13. The van der Waals surface area contributed by atoms with Gasteiger partial charge in [0.05, 0.1) is 5.69 Å². The van der Waals surface area contributed by atoms with Crippen LogP contribution in [0.5, 0.6) is 0 Å². The van der Waals surface area contributed by atoms with E-state index in [1.54, 1.807) is 37.4 Å². The first-order valence-electron chi connectivity index (χ1n) is 7.23. The first kappa shape index (κ1) is 14.9. The Morgan fingerprint density at radius 1 is 1.17 bits per heavy atom. The molecular formula is C17H15N3O3. The summed E-state index contributed by atoms with van der Waals surface area (Å²) in [5.74, 6) is 0.180. The molecule has 0 aliphatic rings. The summed E-state index contributed by atoms with van der Waals surface area (Å²) in [6.45, 7) is 1.75. The Balaban J connectivity index is 1.64. The smallest absolute Gasteiger partial charge is 0.224 e. The minimum absolute atomic E-state index is 0.0945. The molecule has 1 N–H and O–H groups in total. The van der Waals surface area contributed by atoms with Gasteiger partial charge in [0.15, 0.2) is 17.3 Å². The third-order valence-electron chi connectivity index (χ3n) is 3.36. The first-order valence-corrected chi connectivity index (χ1v) is 7.23. The van der Waals surface area contributed by atoms with Gasteiger partial charge in [0.1, 0.15) is 5.52 Å². The molecule has 1 amide bonds. The van der Waals surface area contributed by atoms with Crippen molar-refractivity contribution in [1.82, 2.24) is 9.97 Å². The van der Waals surface area contributed by atoms with Crippen molar-refractivity contribution in [3.63, 3.8) is 0 Å². The van der Waals surface area contributed by atoms with Crippen molar-refractivity contribution in [1.29, 1.82) is 0 Å². The topological polar surface area (TPSA) is 85.1 Å². The van der Waals surface area contributed by atoms with E-state index in [0.29, 0.717) is 28.2 Å². The van der Waals surface area contributed by atoms with Crippen LogP contribution in [0.4, 0.5) is 5.69 Å². The Morgan fingerprint density at radius 3 is 2.83 bits per heavy atom. The summed E-state index contributed by atoms with van der Waals surface area (Å²) >= 11 is 0. The van der Waals surface area contributed by atoms with Gasteiger partial charge in [-0.2, -0.15) is 0 Å². The molecule has 0 spiro atoms. The highest BCUT2D eigenvalue weighted by atomic mass is 16.3. The Hall–Kier alpha value is -3.02. The monoisotopic (exact) mass is 309 g/mol. The minimum Gasteiger partial charge on any atom is -0.439 e. The SMILES string of the molecule is Cc1nc2cccc(NC(=O)CCC(=O)c3cccnc3)c2o1. The van der Waals surface area contributed by atoms with E-state index in [0.717, 1.165) is 0 Å². The average molecular weight is 309 g/mol. The van der Waals surface area contributed by atoms with Gasteiger partial charge >= 0.3 is 0 Å². The molecular weight excluding hydrogens is 294 g/mol. The van der Waals surface area contributed by atoms with Crippen molar-refractivity contribution in [2.24, 2.45) is 0 Å². The van der Waals surface area contributed by atoms with E-state index in [2.05, 4.69) is 15.3 Å². The number of fused-ring (bicyclic) bond motifs is 1. The van der Waals surface area contributed by atoms with E-state index in [-0.39, 0.29) is 24.5 Å². The molecule has 0 atom stereocenters. The molecule has 0 saturated heterocycles. The maximum atomic E-state index is 12.1. The largest absolute Gasteiger partial charge is 0.439 e. The summed E-state index contributed by atoms with van der Waals surface area (Å²) in [5.41, 5.74) is 2.29. The number of anilines is 1. The third kappa shape index (κ3) is 3.42. The highest BCUT2D eigenvalue weighted by molar-refractivity contribution is 6.02. The lowest BCUT2D eigenvalue weighted by Crippen LogP contribution is -2.13. The van der Waals surface area contributed by atoms with Gasteiger partial charge in [0, 0.05) is 37.7 Å². The molecule has 0 bridgehead atoms. The number of para-hydroxylation sites is 1. The molecule has 6 nitrogen and oxygen atoms in total. The van der Waals surface area contributed by atoms with Gasteiger partial charge in [-0.1, -0.05) is 6.07 Å². The molecule has 116 valence electrons. The molecule has 0 aliphatic heterocycles. The highest BCUT2D eigenvalue weighted by Gasteiger charge is 2.12. The quantitative estimate of drug-likeness (QED) is 0.732. The normalized spacial score (nSPS) is 10.7. The van der Waals surface area contributed by atoms with Crippen LogP contribution in [-0.2, 0) is 4.79 Å². The number of pyridine rings is 1. The van der Waals surface area contributed by atoms with Gasteiger partial charge in [0.25, 0.3) is 0 Å². The Kier molecular flexibility index (Phi) is 4.14. The van der Waals surface area contributed by atoms with E-state index < -0.39 is 0 Å². The maximum absolute atomic E-state index is 12.1. The zero-order valence-corrected chi connectivity index (χ0v) is 12.6. The fourth-order valence-electron chi connectivity index (χ4n) is 2.27. The van der Waals surface area contributed by atoms with Crippen LogP contribution >= 0.6 is 0 Å². The second-order valence-electron chi connectivity index (χ2n) is 5.10. The molecule has 23 heavy (non-hydrogen) atoms. The summed E-state index contributed by atoms with van der Waals surface area (Å²) in [4.78, 5) is 32.1. The summed E-state index contributed by atoms with van der Waals surface area (Å²) in [6.07, 6.45) is 3.32. The number of carbonyl (C=O) groups excluding carboxylic acids is 2. The Labute approximate surface area is 132 Å². The van der Waals surface area contributed by atoms with E-state index in [1.807, 2.05) is 6.07 Å². The molecule has 3 rings (SSSR count). The third-order valence-corrected chi connectivity index (χ3v) is 3.36. The van der Waals surface area contributed by atoms with Gasteiger partial charge in [-0.3, -0.25) is 14.6 Å². The number of rotatable bonds is 5. The molecule has 2 aromatic heterocycles. The van der Waals surface area contributed by atoms with E-state index >= 15 is 0 Å². The van der Waals surface area contributed by atoms with Gasteiger partial charge < -0.3 is 9.73 Å². The summed E-state index contributed by atoms with van der Waals surface area (Å²) in [6, 6.07) is 8.73. The van der Waals surface area contributed by atoms with Gasteiger partial charge in [-0.05, 0) is 24.3 Å². The fraction of sp³-hybridized carbons (Fsp3) is 0.176. The van der Waals surface area contributed by atoms with Crippen molar-refractivity contribution in [3.05, 3.63) is 54.2 Å². The van der Waals surface area contributed by atoms with E-state index in [9.17, 15) is 9.59 Å². The van der Waals surface area contributed by atoms with Crippen LogP contribution in [-0.4, -0.2) is 21.7 Å². The van der Waals surface area contributed by atoms with Crippen molar-refractivity contribution < 1.29 is 14.0 Å². The molecule has 0 radical (unpaired) electrons. The number of oxazole rings is 1. The molecule has 6 heteroatoms. The number of nitrogens with zero attached hydrogens (tertiary/aromatic N) is 2. The van der Waals surface area contributed by atoms with Crippen LogP contribution in [0, 0.1) is 6.92 Å². The number of Topliss-reactive ketones (excluding diaryl/α,β-unsaturated/α-hetero) is 1. The number of aryl methyl sites for hydroxylation is 1. The number of aromatic nitrogens is 2. The number of hydrogen-bond donors (Lipinski definition) is 1. The zero-order chi connectivity index (χ0) is 16.2. The lowest BCUT2D eigenvalue weighted by molar-refractivity contribution is -0.116. The van der Waals surface area contributed by atoms with Crippen LogP contribution in [0.15, 0.2) is 47.1 Å². The summed E-state index contributed by atoms with van der Waals surface area (Å²) in [5, 5.41) is 2.76. The second-order valence-corrected chi connectivity index (χ2v) is 5.10. The molecule has 3 aromatic rings. The first-order chi connectivity index (χ1) is 11.1. The van der Waals surface area contributed by atoms with Crippen LogP contribution in [0.3, 0.4) is 0 Å². The van der Waals surface area contributed by atoms with Gasteiger partial charge in [-0.25, -0.2) is 4.98 Å².